The summed E-state index contributed by atoms with van der Waals surface area (Å²) in [7, 11) is 2.20. The van der Waals surface area contributed by atoms with Crippen molar-refractivity contribution in [3.05, 3.63) is 29.8 Å². The van der Waals surface area contributed by atoms with Crippen LogP contribution in [0.25, 0.3) is 0 Å². The molecule has 0 amide bonds. The Kier molecular flexibility index (Phi) is 2.96. The van der Waals surface area contributed by atoms with E-state index in [4.69, 9.17) is 0 Å². The lowest BCUT2D eigenvalue weighted by Gasteiger charge is -2.24. The Morgan fingerprint density at radius 1 is 1.40 bits per heavy atom. The summed E-state index contributed by atoms with van der Waals surface area (Å²) in [6, 6.07) is 9.27. The van der Waals surface area contributed by atoms with E-state index in [2.05, 4.69) is 55.4 Å². The first-order valence-electron chi connectivity index (χ1n) is 5.71. The van der Waals surface area contributed by atoms with Gasteiger partial charge in [-0.1, -0.05) is 18.2 Å². The molecule has 1 heterocycles. The van der Waals surface area contributed by atoms with E-state index in [1.807, 2.05) is 0 Å². The molecule has 1 N–H and O–H groups in total. The maximum absolute atomic E-state index is 3.47. The molecule has 0 aliphatic carbocycles. The number of nitrogens with one attached hydrogen (secondary N) is 1. The molecule has 0 bridgehead atoms. The summed E-state index contributed by atoms with van der Waals surface area (Å²) in [6.07, 6.45) is 0. The number of hydrogen-bond donors (Lipinski definition) is 1. The number of para-hydroxylation sites is 1. The number of hydrogen-bond acceptors (Lipinski definition) is 2. The number of nitrogens with zero attached hydrogens (tertiary/aromatic N) is 1. The zero-order chi connectivity index (χ0) is 10.8. The maximum atomic E-state index is 3.47. The van der Waals surface area contributed by atoms with Crippen molar-refractivity contribution in [2.45, 2.75) is 25.8 Å². The number of benzene rings is 1. The molecule has 15 heavy (non-hydrogen) atoms. The zero-order valence-corrected chi connectivity index (χ0v) is 9.83. The van der Waals surface area contributed by atoms with Crippen molar-refractivity contribution >= 4 is 5.69 Å². The second-order valence-corrected chi connectivity index (χ2v) is 4.70. The van der Waals surface area contributed by atoms with Crippen LogP contribution in [0.4, 0.5) is 5.69 Å². The predicted octanol–water partition coefficient (Wildman–Crippen LogP) is 2.54. The molecule has 1 unspecified atom stereocenters. The van der Waals surface area contributed by atoms with Crippen molar-refractivity contribution < 1.29 is 0 Å². The van der Waals surface area contributed by atoms with Gasteiger partial charge in [-0.2, -0.15) is 0 Å². The number of fused-ring (bicyclic) bond motifs is 1. The van der Waals surface area contributed by atoms with Gasteiger partial charge in [-0.25, -0.2) is 0 Å². The van der Waals surface area contributed by atoms with E-state index in [9.17, 15) is 0 Å². The average molecular weight is 204 g/mol. The van der Waals surface area contributed by atoms with Crippen molar-refractivity contribution in [2.75, 3.05) is 25.5 Å². The highest BCUT2D eigenvalue weighted by atomic mass is 15.1. The monoisotopic (exact) mass is 204 g/mol. The summed E-state index contributed by atoms with van der Waals surface area (Å²) < 4.78 is 0. The van der Waals surface area contributed by atoms with Gasteiger partial charge in [0.15, 0.2) is 0 Å². The Morgan fingerprint density at radius 3 is 2.87 bits per heavy atom. The molecule has 2 rings (SSSR count). The van der Waals surface area contributed by atoms with Gasteiger partial charge in [0.25, 0.3) is 0 Å². The molecule has 2 nitrogen and oxygen atoms in total. The van der Waals surface area contributed by atoms with Gasteiger partial charge in [-0.15, -0.1) is 0 Å². The van der Waals surface area contributed by atoms with Crippen LogP contribution in [-0.2, 0) is 0 Å². The third-order valence-corrected chi connectivity index (χ3v) is 3.33. The van der Waals surface area contributed by atoms with Crippen LogP contribution in [0.3, 0.4) is 0 Å². The molecule has 1 atom stereocenters. The molecule has 0 aromatic heterocycles. The highest BCUT2D eigenvalue weighted by Gasteiger charge is 2.23. The Labute approximate surface area is 92.3 Å². The summed E-state index contributed by atoms with van der Waals surface area (Å²) in [5.41, 5.74) is 2.80. The van der Waals surface area contributed by atoms with Crippen LogP contribution in [0, 0.1) is 0 Å². The molecule has 2 heteroatoms. The molecular formula is C13H20N2. The normalized spacial score (nSPS) is 19.4. The second-order valence-electron chi connectivity index (χ2n) is 4.70. The fourth-order valence-electron chi connectivity index (χ4n) is 2.08. The molecule has 1 aliphatic rings. The first kappa shape index (κ1) is 10.5. The lowest BCUT2D eigenvalue weighted by Crippen LogP contribution is -2.31. The van der Waals surface area contributed by atoms with Crippen molar-refractivity contribution in [1.82, 2.24) is 4.90 Å². The van der Waals surface area contributed by atoms with Gasteiger partial charge in [0.2, 0.25) is 0 Å². The maximum Gasteiger partial charge on any atom is 0.0376 e. The molecule has 1 aromatic rings. The minimum absolute atomic E-state index is 0.623. The third kappa shape index (κ3) is 2.15. The molecule has 1 aliphatic heterocycles. The van der Waals surface area contributed by atoms with E-state index >= 15 is 0 Å². The molecule has 0 spiro atoms. The summed E-state index contributed by atoms with van der Waals surface area (Å²) in [5, 5.41) is 3.47. The highest BCUT2D eigenvalue weighted by Crippen LogP contribution is 2.31. The van der Waals surface area contributed by atoms with Crippen molar-refractivity contribution in [1.29, 1.82) is 0 Å². The molecule has 0 radical (unpaired) electrons. The van der Waals surface area contributed by atoms with E-state index < -0.39 is 0 Å². The van der Waals surface area contributed by atoms with Crippen molar-refractivity contribution in [2.24, 2.45) is 0 Å². The van der Waals surface area contributed by atoms with Crippen LogP contribution in [0.1, 0.15) is 25.3 Å². The summed E-state index contributed by atoms with van der Waals surface area (Å²) in [6.45, 7) is 6.71. The lowest BCUT2D eigenvalue weighted by atomic mass is 10.0. The van der Waals surface area contributed by atoms with Gasteiger partial charge in [0.05, 0.1) is 0 Å². The van der Waals surface area contributed by atoms with Crippen LogP contribution in [-0.4, -0.2) is 31.1 Å². The van der Waals surface area contributed by atoms with E-state index in [0.29, 0.717) is 12.0 Å². The van der Waals surface area contributed by atoms with E-state index in [1.54, 1.807) is 0 Å². The Balaban J connectivity index is 2.08. The topological polar surface area (TPSA) is 15.3 Å². The lowest BCUT2D eigenvalue weighted by molar-refractivity contribution is 0.261. The number of likely N-dealkylation sites (N-methyl/N-ethyl adjacent to an activating group) is 1. The van der Waals surface area contributed by atoms with Gasteiger partial charge < -0.3 is 10.2 Å². The first-order valence-corrected chi connectivity index (χ1v) is 5.71. The average Bonchev–Trinajstić information content (AvgIpc) is 2.62. The Morgan fingerprint density at radius 2 is 2.13 bits per heavy atom. The van der Waals surface area contributed by atoms with Gasteiger partial charge in [0.1, 0.15) is 0 Å². The number of rotatable bonds is 3. The van der Waals surface area contributed by atoms with Gasteiger partial charge in [0, 0.05) is 30.7 Å². The van der Waals surface area contributed by atoms with E-state index in [0.717, 1.165) is 13.1 Å². The summed E-state index contributed by atoms with van der Waals surface area (Å²) in [4.78, 5) is 2.41. The van der Waals surface area contributed by atoms with Gasteiger partial charge >= 0.3 is 0 Å². The fraction of sp³-hybridized carbons (Fsp3) is 0.538. The Hall–Kier alpha value is -1.02. The smallest absolute Gasteiger partial charge is 0.0376 e. The third-order valence-electron chi connectivity index (χ3n) is 3.33. The highest BCUT2D eigenvalue weighted by molar-refractivity contribution is 5.57. The summed E-state index contributed by atoms with van der Waals surface area (Å²) >= 11 is 0. The quantitative estimate of drug-likeness (QED) is 0.814. The van der Waals surface area contributed by atoms with Gasteiger partial charge in [-0.05, 0) is 32.5 Å². The van der Waals surface area contributed by atoms with E-state index in [1.165, 1.54) is 11.3 Å². The molecule has 1 aromatic carbocycles. The SMILES string of the molecule is CC(C)N(C)CC1CNc2ccccc21. The first-order chi connectivity index (χ1) is 7.18. The Bertz CT molecular complexity index is 333. The minimum Gasteiger partial charge on any atom is -0.384 e. The fourth-order valence-corrected chi connectivity index (χ4v) is 2.08. The zero-order valence-electron chi connectivity index (χ0n) is 9.83. The molecule has 82 valence electrons. The number of anilines is 1. The molecule has 0 saturated carbocycles. The molecule has 0 saturated heterocycles. The van der Waals surface area contributed by atoms with E-state index in [-0.39, 0.29) is 0 Å². The molecule has 0 fully saturated rings. The van der Waals surface area contributed by atoms with Gasteiger partial charge in [-0.3, -0.25) is 0 Å². The predicted molar refractivity (Wildman–Crippen MR) is 65.4 cm³/mol. The summed E-state index contributed by atoms with van der Waals surface area (Å²) in [5.74, 6) is 0.647. The van der Waals surface area contributed by atoms with Crippen LogP contribution in [0.15, 0.2) is 24.3 Å². The van der Waals surface area contributed by atoms with Crippen LogP contribution in [0.2, 0.25) is 0 Å². The van der Waals surface area contributed by atoms with Crippen LogP contribution >= 0.6 is 0 Å². The standard InChI is InChI=1S/C13H20N2/c1-10(2)15(3)9-11-8-14-13-7-5-4-6-12(11)13/h4-7,10-11,14H,8-9H2,1-3H3. The minimum atomic E-state index is 0.623. The van der Waals surface area contributed by atoms with Crippen molar-refractivity contribution in [3.63, 3.8) is 0 Å². The largest absolute Gasteiger partial charge is 0.384 e. The van der Waals surface area contributed by atoms with Crippen molar-refractivity contribution in [3.8, 4) is 0 Å². The second kappa shape index (κ2) is 4.23. The van der Waals surface area contributed by atoms with Crippen LogP contribution < -0.4 is 5.32 Å². The van der Waals surface area contributed by atoms with Crippen LogP contribution in [0.5, 0.6) is 0 Å². The molecular weight excluding hydrogens is 184 g/mol.